The average Bonchev–Trinajstić information content (AvgIpc) is 3.56. The summed E-state index contributed by atoms with van der Waals surface area (Å²) in [5, 5.41) is 19.7. The number of carbonyl (C=O) groups excluding carboxylic acids is 1. The predicted molar refractivity (Wildman–Crippen MR) is 125 cm³/mol. The van der Waals surface area contributed by atoms with Crippen LogP contribution in [0.3, 0.4) is 0 Å². The third-order valence-corrected chi connectivity index (χ3v) is 6.11. The summed E-state index contributed by atoms with van der Waals surface area (Å²) >= 11 is 1.57. The Hall–Kier alpha value is -3.80. The monoisotopic (exact) mass is 485 g/mol. The molecule has 11 nitrogen and oxygen atoms in total. The largest absolute Gasteiger partial charge is 0.419 e. The number of oxazole rings is 1. The van der Waals surface area contributed by atoms with Crippen LogP contribution in [0, 0.1) is 10.1 Å². The summed E-state index contributed by atoms with van der Waals surface area (Å²) in [5.74, 6) is 0.543. The van der Waals surface area contributed by atoms with Gasteiger partial charge in [-0.05, 0) is 36.8 Å². The lowest BCUT2D eigenvalue weighted by molar-refractivity contribution is -0.384. The molecule has 0 radical (unpaired) electrons. The summed E-state index contributed by atoms with van der Waals surface area (Å²) in [6, 6.07) is 7.92. The lowest BCUT2D eigenvalue weighted by Gasteiger charge is -2.05. The Labute approximate surface area is 197 Å². The van der Waals surface area contributed by atoms with E-state index in [0.717, 1.165) is 24.1 Å². The number of thiophene rings is 1. The highest BCUT2D eigenvalue weighted by molar-refractivity contribution is 7.13. The number of hydrogen-bond donors (Lipinski definition) is 1. The van der Waals surface area contributed by atoms with Gasteiger partial charge in [-0.2, -0.15) is 4.98 Å². The van der Waals surface area contributed by atoms with Crippen LogP contribution in [0.5, 0.6) is 0 Å². The van der Waals surface area contributed by atoms with Gasteiger partial charge in [0.05, 0.1) is 21.4 Å². The van der Waals surface area contributed by atoms with Crippen molar-refractivity contribution in [1.82, 2.24) is 20.0 Å². The molecule has 1 aromatic carbocycles. The van der Waals surface area contributed by atoms with E-state index in [1.165, 1.54) is 22.8 Å². The smallest absolute Gasteiger partial charge is 0.407 e. The van der Waals surface area contributed by atoms with Crippen molar-refractivity contribution in [2.45, 2.75) is 45.1 Å². The van der Waals surface area contributed by atoms with Crippen LogP contribution in [-0.2, 0) is 17.8 Å². The van der Waals surface area contributed by atoms with E-state index in [1.54, 1.807) is 11.3 Å². The number of nitro groups is 1. The number of nitro benzene ring substituents is 1. The van der Waals surface area contributed by atoms with E-state index in [4.69, 9.17) is 8.94 Å². The van der Waals surface area contributed by atoms with Crippen LogP contribution in [-0.4, -0.2) is 32.1 Å². The third-order valence-electron chi connectivity index (χ3n) is 5.25. The molecule has 0 aliphatic heterocycles. The van der Waals surface area contributed by atoms with E-state index < -0.39 is 10.7 Å². The maximum atomic E-state index is 12.1. The molecule has 0 bridgehead atoms. The number of amides is 1. The van der Waals surface area contributed by atoms with E-state index in [2.05, 4.69) is 15.5 Å². The van der Waals surface area contributed by atoms with Crippen LogP contribution in [0.15, 0.2) is 49.4 Å². The van der Waals surface area contributed by atoms with Gasteiger partial charge in [0.2, 0.25) is 17.6 Å². The molecule has 1 amide bonds. The molecule has 0 aliphatic carbocycles. The molecule has 0 spiro atoms. The normalized spacial score (nSPS) is 11.2. The van der Waals surface area contributed by atoms with E-state index >= 15 is 0 Å². The molecule has 0 atom stereocenters. The van der Waals surface area contributed by atoms with Crippen molar-refractivity contribution in [2.24, 2.45) is 0 Å². The van der Waals surface area contributed by atoms with E-state index in [1.807, 2.05) is 17.5 Å². The highest BCUT2D eigenvalue weighted by Gasteiger charge is 2.14. The number of unbranched alkanes of at least 4 members (excludes halogenated alkanes) is 2. The Morgan fingerprint density at radius 2 is 2.09 bits per heavy atom. The molecule has 3 heterocycles. The third kappa shape index (κ3) is 5.76. The molecule has 1 N–H and O–H groups in total. The van der Waals surface area contributed by atoms with Crippen molar-refractivity contribution in [2.75, 3.05) is 6.54 Å². The molecule has 4 aromatic rings. The second kappa shape index (κ2) is 10.9. The number of nitrogens with zero attached hydrogens (tertiary/aromatic N) is 4. The number of fused-ring (bicyclic) bond motifs is 1. The van der Waals surface area contributed by atoms with Gasteiger partial charge >= 0.3 is 5.76 Å². The first kappa shape index (κ1) is 23.4. The fourth-order valence-electron chi connectivity index (χ4n) is 3.53. The Morgan fingerprint density at radius 1 is 1.21 bits per heavy atom. The zero-order chi connectivity index (χ0) is 23.9. The molecule has 12 heteroatoms. The van der Waals surface area contributed by atoms with Gasteiger partial charge in [-0.15, -0.1) is 11.3 Å². The minimum absolute atomic E-state index is 0.0889. The molecular formula is C22H23N5O6S. The van der Waals surface area contributed by atoms with Crippen LogP contribution in [0.2, 0.25) is 0 Å². The lowest BCUT2D eigenvalue weighted by atomic mass is 10.2. The molecule has 34 heavy (non-hydrogen) atoms. The average molecular weight is 486 g/mol. The van der Waals surface area contributed by atoms with E-state index in [-0.39, 0.29) is 30.1 Å². The summed E-state index contributed by atoms with van der Waals surface area (Å²) in [6.45, 7) is 0.857. The number of nitrogens with one attached hydrogen (secondary N) is 1. The van der Waals surface area contributed by atoms with Crippen molar-refractivity contribution in [3.05, 3.63) is 62.3 Å². The van der Waals surface area contributed by atoms with Gasteiger partial charge in [0.15, 0.2) is 5.58 Å². The molecule has 3 aromatic heterocycles. The molecule has 0 unspecified atom stereocenters. The number of aromatic nitrogens is 3. The van der Waals surface area contributed by atoms with Gasteiger partial charge in [-0.3, -0.25) is 19.5 Å². The first-order valence-corrected chi connectivity index (χ1v) is 11.8. The Bertz CT molecular complexity index is 1320. The van der Waals surface area contributed by atoms with Crippen molar-refractivity contribution in [3.8, 4) is 10.7 Å². The summed E-state index contributed by atoms with van der Waals surface area (Å²) in [6.07, 6.45) is 4.04. The highest BCUT2D eigenvalue weighted by atomic mass is 32.1. The van der Waals surface area contributed by atoms with Gasteiger partial charge in [0, 0.05) is 32.0 Å². The van der Waals surface area contributed by atoms with Crippen LogP contribution in [0.25, 0.3) is 21.8 Å². The van der Waals surface area contributed by atoms with Crippen molar-refractivity contribution < 1.29 is 18.7 Å². The zero-order valence-electron chi connectivity index (χ0n) is 18.3. The van der Waals surface area contributed by atoms with Crippen molar-refractivity contribution in [3.63, 3.8) is 0 Å². The maximum Gasteiger partial charge on any atom is 0.419 e. The zero-order valence-corrected chi connectivity index (χ0v) is 19.1. The molecular weight excluding hydrogens is 462 g/mol. The van der Waals surface area contributed by atoms with Crippen molar-refractivity contribution in [1.29, 1.82) is 0 Å². The number of rotatable bonds is 12. The lowest BCUT2D eigenvalue weighted by Crippen LogP contribution is -2.25. The van der Waals surface area contributed by atoms with Gasteiger partial charge in [-0.1, -0.05) is 17.6 Å². The number of benzene rings is 1. The summed E-state index contributed by atoms with van der Waals surface area (Å²) in [5.41, 5.74) is 0.486. The topological polar surface area (TPSA) is 146 Å². The number of non-ortho nitro benzene ring substituents is 1. The van der Waals surface area contributed by atoms with Crippen molar-refractivity contribution >= 4 is 34.0 Å². The molecule has 0 fully saturated rings. The number of carbonyl (C=O) groups is 1. The summed E-state index contributed by atoms with van der Waals surface area (Å²) < 4.78 is 11.7. The molecule has 0 saturated carbocycles. The predicted octanol–water partition coefficient (Wildman–Crippen LogP) is 3.92. The minimum Gasteiger partial charge on any atom is -0.407 e. The fourth-order valence-corrected chi connectivity index (χ4v) is 4.18. The van der Waals surface area contributed by atoms with E-state index in [0.29, 0.717) is 36.6 Å². The van der Waals surface area contributed by atoms with Gasteiger partial charge in [-0.25, -0.2) is 4.79 Å². The summed E-state index contributed by atoms with van der Waals surface area (Å²) in [4.78, 5) is 39.8. The highest BCUT2D eigenvalue weighted by Crippen LogP contribution is 2.22. The maximum absolute atomic E-state index is 12.1. The number of hydrogen-bond acceptors (Lipinski definition) is 9. The van der Waals surface area contributed by atoms with Gasteiger partial charge < -0.3 is 14.3 Å². The first-order valence-electron chi connectivity index (χ1n) is 10.9. The Kier molecular flexibility index (Phi) is 7.48. The number of aryl methyl sites for hydroxylation is 2. The van der Waals surface area contributed by atoms with Crippen LogP contribution in [0.4, 0.5) is 5.69 Å². The van der Waals surface area contributed by atoms with Crippen LogP contribution < -0.4 is 11.1 Å². The fraction of sp³-hybridized carbons (Fsp3) is 0.364. The minimum atomic E-state index is -0.598. The van der Waals surface area contributed by atoms with Crippen LogP contribution >= 0.6 is 11.3 Å². The molecule has 0 saturated heterocycles. The standard InChI is InChI=1S/C22H23N5O6S/c28-19(7-4-12-26-16-10-9-15(27(30)31)14-17(16)32-22(26)29)23-11-3-1-2-8-20-24-21(25-33-20)18-6-5-13-34-18/h5-6,9-10,13-14H,1-4,7-8,11-12H2,(H,23,28). The van der Waals surface area contributed by atoms with Gasteiger partial charge in [0.1, 0.15) is 0 Å². The second-order valence-corrected chi connectivity index (χ2v) is 8.63. The second-order valence-electron chi connectivity index (χ2n) is 7.68. The SMILES string of the molecule is O=C(CCCn1c(=O)oc2cc([N+](=O)[O-])ccc21)NCCCCCc1nc(-c2cccs2)no1. The first-order chi connectivity index (χ1) is 16.5. The molecule has 178 valence electrons. The quantitative estimate of drug-likeness (QED) is 0.180. The Morgan fingerprint density at radius 3 is 2.88 bits per heavy atom. The van der Waals surface area contributed by atoms with Crippen LogP contribution in [0.1, 0.15) is 38.0 Å². The summed E-state index contributed by atoms with van der Waals surface area (Å²) in [7, 11) is 0. The van der Waals surface area contributed by atoms with E-state index in [9.17, 15) is 19.7 Å². The molecule has 0 aliphatic rings. The molecule has 4 rings (SSSR count). The Balaban J connectivity index is 1.12. The van der Waals surface area contributed by atoms with Gasteiger partial charge in [0.25, 0.3) is 5.69 Å².